The lowest BCUT2D eigenvalue weighted by molar-refractivity contribution is -0.110. The summed E-state index contributed by atoms with van der Waals surface area (Å²) in [6.45, 7) is 0.545. The Kier molecular flexibility index (Phi) is 2.77. The summed E-state index contributed by atoms with van der Waals surface area (Å²) in [6.07, 6.45) is 3.99. The molecule has 2 amide bonds. The largest absolute Gasteiger partial charge is 0.397 e. The molecular formula is C16H13FN4O2. The van der Waals surface area contributed by atoms with Gasteiger partial charge in [-0.3, -0.25) is 9.59 Å². The first-order valence-corrected chi connectivity index (χ1v) is 7.15. The number of nitrogens with two attached hydrogens (primary N) is 1. The average Bonchev–Trinajstić information content (AvgIpc) is 3.04. The lowest BCUT2D eigenvalue weighted by atomic mass is 10.1. The third-order valence-electron chi connectivity index (χ3n) is 4.09. The van der Waals surface area contributed by atoms with Crippen LogP contribution in [0.25, 0.3) is 11.8 Å². The molecule has 0 unspecified atom stereocenters. The predicted octanol–water partition coefficient (Wildman–Crippen LogP) is 1.45. The molecule has 1 aromatic carbocycles. The number of rotatable bonds is 1. The van der Waals surface area contributed by atoms with E-state index in [2.05, 4.69) is 10.6 Å². The minimum Gasteiger partial charge on any atom is -0.397 e. The predicted molar refractivity (Wildman–Crippen MR) is 84.1 cm³/mol. The fourth-order valence-corrected chi connectivity index (χ4v) is 3.01. The third-order valence-corrected chi connectivity index (χ3v) is 4.09. The summed E-state index contributed by atoms with van der Waals surface area (Å²) in [7, 11) is 0. The Morgan fingerprint density at radius 2 is 2.04 bits per heavy atom. The van der Waals surface area contributed by atoms with E-state index in [-0.39, 0.29) is 17.5 Å². The van der Waals surface area contributed by atoms with Crippen LogP contribution in [0.1, 0.15) is 21.6 Å². The number of fused-ring (bicyclic) bond motifs is 2. The fourth-order valence-electron chi connectivity index (χ4n) is 3.01. The Morgan fingerprint density at radius 1 is 1.22 bits per heavy atom. The van der Waals surface area contributed by atoms with Crippen molar-refractivity contribution in [2.75, 3.05) is 17.6 Å². The number of carbonyl (C=O) groups excluding carboxylic acids is 2. The van der Waals surface area contributed by atoms with E-state index in [4.69, 9.17) is 5.73 Å². The molecule has 23 heavy (non-hydrogen) atoms. The average molecular weight is 312 g/mol. The number of nitrogens with one attached hydrogen (secondary N) is 2. The second-order valence-electron chi connectivity index (χ2n) is 5.50. The van der Waals surface area contributed by atoms with Gasteiger partial charge in [-0.1, -0.05) is 0 Å². The molecule has 0 aliphatic carbocycles. The first-order valence-electron chi connectivity index (χ1n) is 7.15. The maximum Gasteiger partial charge on any atom is 0.257 e. The van der Waals surface area contributed by atoms with Crippen LogP contribution in [0.2, 0.25) is 0 Å². The SMILES string of the molecule is Nc1cc(F)cc2c1NC(=O)C2=Cn1ccc2c1CCNC2=O. The molecule has 0 atom stereocenters. The molecule has 4 N–H and O–H groups in total. The Balaban J connectivity index is 1.85. The number of nitrogen functional groups attached to an aromatic ring is 1. The number of aromatic nitrogens is 1. The smallest absolute Gasteiger partial charge is 0.257 e. The van der Waals surface area contributed by atoms with Crippen molar-refractivity contribution in [2.24, 2.45) is 0 Å². The quantitative estimate of drug-likeness (QED) is 0.550. The van der Waals surface area contributed by atoms with Gasteiger partial charge in [0.15, 0.2) is 0 Å². The van der Waals surface area contributed by atoms with Crippen LogP contribution in [0.15, 0.2) is 24.4 Å². The number of halogens is 1. The molecule has 4 rings (SSSR count). The van der Waals surface area contributed by atoms with Crippen molar-refractivity contribution in [3.05, 3.63) is 47.0 Å². The van der Waals surface area contributed by atoms with E-state index in [1.165, 1.54) is 12.1 Å². The highest BCUT2D eigenvalue weighted by atomic mass is 19.1. The van der Waals surface area contributed by atoms with E-state index in [0.29, 0.717) is 35.4 Å². The zero-order valence-corrected chi connectivity index (χ0v) is 12.0. The van der Waals surface area contributed by atoms with Gasteiger partial charge in [0.2, 0.25) is 0 Å². The molecule has 1 aromatic heterocycles. The number of benzene rings is 1. The second-order valence-corrected chi connectivity index (χ2v) is 5.50. The zero-order chi connectivity index (χ0) is 16.1. The molecular weight excluding hydrogens is 299 g/mol. The van der Waals surface area contributed by atoms with Crippen molar-refractivity contribution in [1.29, 1.82) is 0 Å². The van der Waals surface area contributed by atoms with Crippen LogP contribution in [0.5, 0.6) is 0 Å². The molecule has 116 valence electrons. The lowest BCUT2D eigenvalue weighted by Gasteiger charge is -2.14. The van der Waals surface area contributed by atoms with Gasteiger partial charge in [0, 0.05) is 36.6 Å². The molecule has 0 saturated carbocycles. The Hall–Kier alpha value is -3.09. The van der Waals surface area contributed by atoms with Crippen LogP contribution in [0, 0.1) is 5.82 Å². The highest BCUT2D eigenvalue weighted by Gasteiger charge is 2.28. The van der Waals surface area contributed by atoms with Crippen LogP contribution in [0.3, 0.4) is 0 Å². The van der Waals surface area contributed by atoms with Crippen LogP contribution in [0.4, 0.5) is 15.8 Å². The van der Waals surface area contributed by atoms with Gasteiger partial charge in [0.25, 0.3) is 11.8 Å². The monoisotopic (exact) mass is 312 g/mol. The van der Waals surface area contributed by atoms with Gasteiger partial charge in [-0.15, -0.1) is 0 Å². The Labute approximate surface area is 130 Å². The molecule has 0 radical (unpaired) electrons. The molecule has 0 fully saturated rings. The first kappa shape index (κ1) is 13.6. The van der Waals surface area contributed by atoms with Crippen molar-refractivity contribution in [3.8, 4) is 0 Å². The normalized spacial score (nSPS) is 17.7. The number of carbonyl (C=O) groups is 2. The summed E-state index contributed by atoms with van der Waals surface area (Å²) >= 11 is 0. The van der Waals surface area contributed by atoms with Crippen molar-refractivity contribution in [1.82, 2.24) is 9.88 Å². The highest BCUT2D eigenvalue weighted by Crippen LogP contribution is 2.37. The molecule has 0 spiro atoms. The van der Waals surface area contributed by atoms with Gasteiger partial charge in [0.05, 0.1) is 22.5 Å². The number of nitrogens with zero attached hydrogens (tertiary/aromatic N) is 1. The standard InChI is InChI=1S/C16H13FN4O2/c17-8-5-10-11(16(23)20-14(10)12(18)6-8)7-21-4-2-9-13(21)1-3-19-15(9)22/h2,4-7H,1,3,18H2,(H,19,22)(H,20,23). The van der Waals surface area contributed by atoms with Crippen molar-refractivity contribution < 1.29 is 14.0 Å². The molecule has 0 bridgehead atoms. The summed E-state index contributed by atoms with van der Waals surface area (Å²) in [5.74, 6) is -0.979. The third kappa shape index (κ3) is 2.01. The van der Waals surface area contributed by atoms with E-state index >= 15 is 0 Å². The van der Waals surface area contributed by atoms with Gasteiger partial charge >= 0.3 is 0 Å². The summed E-state index contributed by atoms with van der Waals surface area (Å²) in [5, 5.41) is 5.42. The van der Waals surface area contributed by atoms with Gasteiger partial charge in [-0.05, 0) is 18.2 Å². The maximum atomic E-state index is 13.6. The van der Waals surface area contributed by atoms with E-state index < -0.39 is 5.82 Å². The molecule has 3 heterocycles. The topological polar surface area (TPSA) is 89.2 Å². The highest BCUT2D eigenvalue weighted by molar-refractivity contribution is 6.35. The number of hydrogen-bond acceptors (Lipinski definition) is 3. The van der Waals surface area contributed by atoms with Crippen molar-refractivity contribution in [2.45, 2.75) is 6.42 Å². The molecule has 2 aliphatic heterocycles. The number of amides is 2. The van der Waals surface area contributed by atoms with Crippen LogP contribution < -0.4 is 16.4 Å². The Bertz CT molecular complexity index is 898. The van der Waals surface area contributed by atoms with Crippen LogP contribution in [-0.4, -0.2) is 22.9 Å². The zero-order valence-electron chi connectivity index (χ0n) is 12.0. The maximum absolute atomic E-state index is 13.6. The fraction of sp³-hybridized carbons (Fsp3) is 0.125. The second kappa shape index (κ2) is 4.70. The minimum absolute atomic E-state index is 0.130. The lowest BCUT2D eigenvalue weighted by Crippen LogP contribution is -2.31. The van der Waals surface area contributed by atoms with E-state index in [1.807, 2.05) is 0 Å². The van der Waals surface area contributed by atoms with E-state index in [9.17, 15) is 14.0 Å². The van der Waals surface area contributed by atoms with Gasteiger partial charge in [-0.2, -0.15) is 0 Å². The van der Waals surface area contributed by atoms with Gasteiger partial charge in [-0.25, -0.2) is 4.39 Å². The van der Waals surface area contributed by atoms with E-state index in [0.717, 1.165) is 5.69 Å². The Morgan fingerprint density at radius 3 is 2.87 bits per heavy atom. The molecule has 2 aliphatic rings. The minimum atomic E-state index is -0.502. The van der Waals surface area contributed by atoms with Crippen molar-refractivity contribution in [3.63, 3.8) is 0 Å². The molecule has 7 heteroatoms. The summed E-state index contributed by atoms with van der Waals surface area (Å²) in [6, 6.07) is 4.15. The number of hydrogen-bond donors (Lipinski definition) is 3. The van der Waals surface area contributed by atoms with E-state index in [1.54, 1.807) is 23.0 Å². The van der Waals surface area contributed by atoms with Gasteiger partial charge < -0.3 is 20.9 Å². The van der Waals surface area contributed by atoms with Crippen LogP contribution >= 0.6 is 0 Å². The van der Waals surface area contributed by atoms with Crippen molar-refractivity contribution >= 4 is 35.0 Å². The van der Waals surface area contributed by atoms with Gasteiger partial charge in [0.1, 0.15) is 5.82 Å². The molecule has 2 aromatic rings. The van der Waals surface area contributed by atoms with Crippen LogP contribution in [-0.2, 0) is 11.2 Å². The summed E-state index contributed by atoms with van der Waals surface area (Å²) < 4.78 is 15.4. The summed E-state index contributed by atoms with van der Waals surface area (Å²) in [4.78, 5) is 24.0. The molecule has 6 nitrogen and oxygen atoms in total. The summed E-state index contributed by atoms with van der Waals surface area (Å²) in [5.41, 5.74) is 8.52. The molecule has 0 saturated heterocycles. The number of anilines is 2. The first-order chi connectivity index (χ1) is 11.0.